The van der Waals surface area contributed by atoms with E-state index in [2.05, 4.69) is 20.4 Å². The van der Waals surface area contributed by atoms with Crippen LogP contribution in [0, 0.1) is 0 Å². The molecule has 4 aromatic rings. The molecule has 0 radical (unpaired) electrons. The molecule has 6 rings (SSSR count). The number of alkyl carbamates (subject to hydrolysis) is 2. The maximum Gasteiger partial charge on any atom is 0.408 e. The second-order valence-corrected chi connectivity index (χ2v) is 15.5. The number of hydrogen-bond acceptors (Lipinski definition) is 6. The molecule has 2 aliphatic rings. The Balaban J connectivity index is 0.754. The highest BCUT2D eigenvalue weighted by atomic mass is 16.6. The molecule has 0 spiro atoms. The largest absolute Gasteiger partial charge is 0.446 e. The Labute approximate surface area is 335 Å². The van der Waals surface area contributed by atoms with Gasteiger partial charge >= 0.3 is 12.2 Å². The molecule has 2 aliphatic heterocycles. The Morgan fingerprint density at radius 3 is 1.00 bits per heavy atom. The number of benzene rings is 4. The van der Waals surface area contributed by atoms with E-state index in [4.69, 9.17) is 9.47 Å². The maximum absolute atomic E-state index is 12.9. The molecule has 8 heteroatoms. The molecule has 4 aromatic carbocycles. The van der Waals surface area contributed by atoms with Gasteiger partial charge in [0.2, 0.25) is 0 Å². The number of rotatable bonds is 19. The summed E-state index contributed by atoms with van der Waals surface area (Å²) in [6, 6.07) is 39.8. The standard InChI is InChI=1S/C48H62N4O4/c53-47(49-45(39-21-11-7-12-22-39)40-23-13-8-14-24-40)55-43-29-35-51(36-30-43)33-19-5-3-1-2-4-6-20-34-52-37-31-44(32-38-52)56-48(54)50-46(41-25-15-9-16-26-41)42-27-17-10-18-28-42/h7-18,21-28,43-46H,1-6,19-20,29-38H2,(H,49,53)(H,50,54). The highest BCUT2D eigenvalue weighted by Crippen LogP contribution is 2.25. The van der Waals surface area contributed by atoms with Crippen LogP contribution in [0.15, 0.2) is 121 Å². The minimum Gasteiger partial charge on any atom is -0.446 e. The number of carbonyl (C=O) groups excluding carboxylic acids is 2. The first kappa shape index (κ1) is 41.0. The van der Waals surface area contributed by atoms with Gasteiger partial charge in [-0.25, -0.2) is 9.59 Å². The maximum atomic E-state index is 12.9. The third-order valence-electron chi connectivity index (χ3n) is 11.4. The van der Waals surface area contributed by atoms with Gasteiger partial charge < -0.3 is 29.9 Å². The molecule has 0 saturated carbocycles. The first-order chi connectivity index (χ1) is 27.6. The van der Waals surface area contributed by atoms with E-state index in [1.807, 2.05) is 121 Å². The van der Waals surface area contributed by atoms with Crippen molar-refractivity contribution in [1.82, 2.24) is 20.4 Å². The van der Waals surface area contributed by atoms with Crippen molar-refractivity contribution >= 4 is 12.2 Å². The molecular formula is C48H62N4O4. The van der Waals surface area contributed by atoms with E-state index in [-0.39, 0.29) is 36.5 Å². The summed E-state index contributed by atoms with van der Waals surface area (Å²) in [7, 11) is 0. The molecule has 0 aliphatic carbocycles. The minimum absolute atomic E-state index is 0.0308. The van der Waals surface area contributed by atoms with Crippen LogP contribution in [0.1, 0.15) is 111 Å². The average Bonchev–Trinajstić information content (AvgIpc) is 3.25. The SMILES string of the molecule is O=C(NC(c1ccccc1)c1ccccc1)OC1CCN(CCCCCCCCCCN2CCC(OC(=O)NC(c3ccccc3)c3ccccc3)CC2)CC1. The number of carbonyl (C=O) groups is 2. The zero-order valence-electron chi connectivity index (χ0n) is 33.1. The van der Waals surface area contributed by atoms with E-state index in [0.717, 1.165) is 87.2 Å². The van der Waals surface area contributed by atoms with Crippen LogP contribution in [0.2, 0.25) is 0 Å². The molecule has 56 heavy (non-hydrogen) atoms. The molecule has 0 atom stereocenters. The number of hydrogen-bond donors (Lipinski definition) is 2. The van der Waals surface area contributed by atoms with E-state index in [1.54, 1.807) is 0 Å². The van der Waals surface area contributed by atoms with Gasteiger partial charge in [-0.05, 0) is 73.9 Å². The van der Waals surface area contributed by atoms with Gasteiger partial charge in [-0.2, -0.15) is 0 Å². The quantitative estimate of drug-likeness (QED) is 0.0927. The fourth-order valence-electron chi connectivity index (χ4n) is 8.14. The van der Waals surface area contributed by atoms with Crippen LogP contribution >= 0.6 is 0 Å². The summed E-state index contributed by atoms with van der Waals surface area (Å²) in [5.41, 5.74) is 4.17. The van der Waals surface area contributed by atoms with Crippen molar-refractivity contribution in [2.75, 3.05) is 39.3 Å². The molecule has 298 valence electrons. The zero-order valence-corrected chi connectivity index (χ0v) is 33.1. The van der Waals surface area contributed by atoms with E-state index in [9.17, 15) is 9.59 Å². The lowest BCUT2D eigenvalue weighted by Crippen LogP contribution is -2.40. The summed E-state index contributed by atoms with van der Waals surface area (Å²) in [4.78, 5) is 31.0. The second kappa shape index (κ2) is 22.8. The lowest BCUT2D eigenvalue weighted by Gasteiger charge is -2.32. The Kier molecular flexibility index (Phi) is 16.7. The molecule has 2 N–H and O–H groups in total. The highest BCUT2D eigenvalue weighted by Gasteiger charge is 2.26. The van der Waals surface area contributed by atoms with Gasteiger partial charge in [-0.3, -0.25) is 0 Å². The Morgan fingerprint density at radius 2 is 0.714 bits per heavy atom. The third-order valence-corrected chi connectivity index (χ3v) is 11.4. The number of amides is 2. The van der Waals surface area contributed by atoms with Crippen LogP contribution in [-0.4, -0.2) is 73.5 Å². The Morgan fingerprint density at radius 1 is 0.446 bits per heavy atom. The van der Waals surface area contributed by atoms with Gasteiger partial charge in [0.15, 0.2) is 0 Å². The summed E-state index contributed by atoms with van der Waals surface area (Å²) in [5, 5.41) is 6.24. The topological polar surface area (TPSA) is 83.1 Å². The van der Waals surface area contributed by atoms with E-state index >= 15 is 0 Å². The summed E-state index contributed by atoms with van der Waals surface area (Å²) in [5.74, 6) is 0. The van der Waals surface area contributed by atoms with E-state index in [0.29, 0.717) is 0 Å². The molecule has 2 heterocycles. The van der Waals surface area contributed by atoms with Crippen molar-refractivity contribution in [3.63, 3.8) is 0 Å². The molecular weight excluding hydrogens is 697 g/mol. The van der Waals surface area contributed by atoms with Gasteiger partial charge in [0.1, 0.15) is 12.2 Å². The highest BCUT2D eigenvalue weighted by molar-refractivity contribution is 5.69. The molecule has 2 saturated heterocycles. The predicted molar refractivity (Wildman–Crippen MR) is 225 cm³/mol. The number of nitrogens with one attached hydrogen (secondary N) is 2. The number of likely N-dealkylation sites (tertiary alicyclic amines) is 2. The van der Waals surface area contributed by atoms with Crippen LogP contribution < -0.4 is 10.6 Å². The Hall–Kier alpha value is -4.66. The smallest absolute Gasteiger partial charge is 0.408 e. The number of nitrogens with zero attached hydrogens (tertiary/aromatic N) is 2. The van der Waals surface area contributed by atoms with Crippen LogP contribution in [0.3, 0.4) is 0 Å². The number of unbranched alkanes of at least 4 members (excludes halogenated alkanes) is 7. The van der Waals surface area contributed by atoms with E-state index < -0.39 is 0 Å². The average molecular weight is 759 g/mol. The van der Waals surface area contributed by atoms with Crippen molar-refractivity contribution in [1.29, 1.82) is 0 Å². The molecule has 2 amide bonds. The monoisotopic (exact) mass is 758 g/mol. The fraction of sp³-hybridized carbons (Fsp3) is 0.458. The molecule has 8 nitrogen and oxygen atoms in total. The summed E-state index contributed by atoms with van der Waals surface area (Å²) in [6.45, 7) is 6.23. The van der Waals surface area contributed by atoms with Crippen molar-refractivity contribution in [3.8, 4) is 0 Å². The number of ether oxygens (including phenoxy) is 2. The molecule has 0 aromatic heterocycles. The van der Waals surface area contributed by atoms with Crippen molar-refractivity contribution in [3.05, 3.63) is 144 Å². The summed E-state index contributed by atoms with van der Waals surface area (Å²) >= 11 is 0. The normalized spacial score (nSPS) is 15.8. The fourth-order valence-corrected chi connectivity index (χ4v) is 8.14. The van der Waals surface area contributed by atoms with Gasteiger partial charge in [0, 0.05) is 26.2 Å². The summed E-state index contributed by atoms with van der Waals surface area (Å²) < 4.78 is 11.8. The van der Waals surface area contributed by atoms with Gasteiger partial charge in [-0.1, -0.05) is 160 Å². The third kappa shape index (κ3) is 13.5. The van der Waals surface area contributed by atoms with Crippen molar-refractivity contribution in [2.45, 2.75) is 101 Å². The lowest BCUT2D eigenvalue weighted by molar-refractivity contribution is 0.0486. The van der Waals surface area contributed by atoms with Gasteiger partial charge in [-0.15, -0.1) is 0 Å². The van der Waals surface area contributed by atoms with Crippen LogP contribution in [-0.2, 0) is 9.47 Å². The Bertz CT molecular complexity index is 1470. The van der Waals surface area contributed by atoms with Gasteiger partial charge in [0.05, 0.1) is 12.1 Å². The minimum atomic E-state index is -0.341. The second-order valence-electron chi connectivity index (χ2n) is 15.5. The first-order valence-electron chi connectivity index (χ1n) is 21.2. The zero-order chi connectivity index (χ0) is 38.6. The van der Waals surface area contributed by atoms with Crippen LogP contribution in [0.4, 0.5) is 9.59 Å². The molecule has 0 bridgehead atoms. The first-order valence-corrected chi connectivity index (χ1v) is 21.2. The summed E-state index contributed by atoms with van der Waals surface area (Å²) in [6.07, 6.45) is 13.1. The van der Waals surface area contributed by atoms with Crippen LogP contribution in [0.25, 0.3) is 0 Å². The molecule has 2 fully saturated rings. The lowest BCUT2D eigenvalue weighted by atomic mass is 9.99. The molecule has 0 unspecified atom stereocenters. The van der Waals surface area contributed by atoms with Gasteiger partial charge in [0.25, 0.3) is 0 Å². The van der Waals surface area contributed by atoms with Crippen molar-refractivity contribution < 1.29 is 19.1 Å². The van der Waals surface area contributed by atoms with Crippen molar-refractivity contribution in [2.24, 2.45) is 0 Å². The van der Waals surface area contributed by atoms with E-state index in [1.165, 1.54) is 51.4 Å². The van der Waals surface area contributed by atoms with Crippen LogP contribution in [0.5, 0.6) is 0 Å². The number of piperidine rings is 2. The predicted octanol–water partition coefficient (Wildman–Crippen LogP) is 10.1.